The molecule has 0 fully saturated rings. The van der Waals surface area contributed by atoms with E-state index in [-0.39, 0.29) is 34.7 Å². The average Bonchev–Trinajstić information content (AvgIpc) is 3.24. The normalized spacial score (nSPS) is 16.1. The molecule has 2 aromatic heterocycles. The van der Waals surface area contributed by atoms with Crippen LogP contribution in [-0.4, -0.2) is 20.2 Å². The molecule has 2 aromatic rings. The predicted octanol–water partition coefficient (Wildman–Crippen LogP) is 4.31. The second kappa shape index (κ2) is 7.46. The van der Waals surface area contributed by atoms with Crippen LogP contribution in [0.15, 0.2) is 14.8 Å². The molecule has 2 heterocycles. The van der Waals surface area contributed by atoms with Crippen molar-refractivity contribution >= 4 is 33.0 Å². The first-order chi connectivity index (χ1) is 13.7. The number of nitrogens with two attached hydrogens (primary N) is 1. The summed E-state index contributed by atoms with van der Waals surface area (Å²) >= 11 is -0.0450. The van der Waals surface area contributed by atoms with Crippen molar-refractivity contribution in [3.8, 4) is 0 Å². The van der Waals surface area contributed by atoms with Gasteiger partial charge in [0.15, 0.2) is 14.9 Å². The third-order valence-corrected chi connectivity index (χ3v) is 7.12. The molecule has 3 rings (SSSR count). The van der Waals surface area contributed by atoms with E-state index in [1.54, 1.807) is 0 Å². The molecule has 0 radical (unpaired) electrons. The minimum Gasteiger partial charge on any atom is -0.305 e. The number of urea groups is 1. The highest BCUT2D eigenvalue weighted by molar-refractivity contribution is 7.93. The number of anilines is 1. The minimum absolute atomic E-state index is 0.0450. The van der Waals surface area contributed by atoms with E-state index in [0.29, 0.717) is 24.6 Å². The number of carbonyl (C=O) groups excluding carboxylic acids is 1. The van der Waals surface area contributed by atoms with Crippen LogP contribution in [0.5, 0.6) is 0 Å². The summed E-state index contributed by atoms with van der Waals surface area (Å²) in [6.45, 7) is 1.11. The number of hydrogen-bond donors (Lipinski definition) is 2. The van der Waals surface area contributed by atoms with Gasteiger partial charge < -0.3 is 5.32 Å². The number of rotatable bonds is 2. The lowest BCUT2D eigenvalue weighted by atomic mass is 10.1. The van der Waals surface area contributed by atoms with Gasteiger partial charge in [-0.05, 0) is 31.7 Å². The molecule has 15 heteroatoms. The summed E-state index contributed by atoms with van der Waals surface area (Å²) in [5.41, 5.74) is -1.13. The monoisotopic (exact) mass is 473 g/mol. The van der Waals surface area contributed by atoms with Gasteiger partial charge in [-0.3, -0.25) is 0 Å². The Bertz CT molecular complexity index is 1130. The highest BCUT2D eigenvalue weighted by Gasteiger charge is 2.38. The highest BCUT2D eigenvalue weighted by atomic mass is 32.2. The zero-order valence-electron chi connectivity index (χ0n) is 15.0. The maximum Gasteiger partial charge on any atom is 0.443 e. The first-order valence-electron chi connectivity index (χ1n) is 8.18. The van der Waals surface area contributed by atoms with Crippen LogP contribution in [0.25, 0.3) is 0 Å². The van der Waals surface area contributed by atoms with E-state index in [9.17, 15) is 35.3 Å². The Morgan fingerprint density at radius 1 is 1.23 bits per heavy atom. The van der Waals surface area contributed by atoms with Gasteiger partial charge in [0.05, 0.1) is 11.9 Å². The number of aromatic nitrogens is 2. The van der Waals surface area contributed by atoms with Crippen LogP contribution >= 0.6 is 11.3 Å². The van der Waals surface area contributed by atoms with Crippen molar-refractivity contribution in [1.29, 1.82) is 0 Å². The van der Waals surface area contributed by atoms with Gasteiger partial charge in [0.25, 0.3) is 0 Å². The number of nitrogens with zero attached hydrogens (tertiary/aromatic N) is 3. The fourth-order valence-corrected chi connectivity index (χ4v) is 4.88. The first kappa shape index (κ1) is 22.4. The van der Waals surface area contributed by atoms with Crippen LogP contribution in [0, 0.1) is 6.92 Å². The minimum atomic E-state index is -4.80. The Morgan fingerprint density at radius 2 is 1.90 bits per heavy atom. The fraction of sp³-hybridized carbons (Fsp3) is 0.400. The van der Waals surface area contributed by atoms with Crippen LogP contribution in [0.1, 0.15) is 33.9 Å². The van der Waals surface area contributed by atoms with E-state index in [2.05, 4.69) is 19.6 Å². The second-order valence-corrected chi connectivity index (χ2v) is 9.36. The molecule has 0 aliphatic heterocycles. The SMILES string of the molecule is Cc1c(C(F)(F)F)nc2c(c1NC(=O)N=[S@@](N)(=O)c1cnc(C(F)(F)F)s1)CCC2. The van der Waals surface area contributed by atoms with E-state index < -0.39 is 43.2 Å². The van der Waals surface area contributed by atoms with Gasteiger partial charge in [0.1, 0.15) is 9.90 Å². The summed E-state index contributed by atoms with van der Waals surface area (Å²) in [4.78, 5) is 18.9. The Hall–Kier alpha value is -2.26. The maximum atomic E-state index is 13.3. The Kier molecular flexibility index (Phi) is 5.57. The van der Waals surface area contributed by atoms with Crippen molar-refractivity contribution in [3.05, 3.63) is 33.7 Å². The summed E-state index contributed by atoms with van der Waals surface area (Å²) < 4.78 is 92.8. The maximum absolute atomic E-state index is 13.3. The largest absolute Gasteiger partial charge is 0.443 e. The molecule has 1 atom stereocenters. The number of aryl methyl sites for hydroxylation is 1. The number of hydrogen-bond acceptors (Lipinski definition) is 5. The summed E-state index contributed by atoms with van der Waals surface area (Å²) in [6, 6.07) is -1.36. The molecule has 7 nitrogen and oxygen atoms in total. The molecule has 0 unspecified atom stereocenters. The number of halogens is 6. The number of thiazole rings is 1. The number of amides is 2. The van der Waals surface area contributed by atoms with Crippen LogP contribution in [0.3, 0.4) is 0 Å². The van der Waals surface area contributed by atoms with Gasteiger partial charge in [-0.15, -0.1) is 4.36 Å². The van der Waals surface area contributed by atoms with Crippen LogP contribution < -0.4 is 10.5 Å². The van der Waals surface area contributed by atoms with Crippen molar-refractivity contribution in [2.24, 2.45) is 9.50 Å². The van der Waals surface area contributed by atoms with E-state index in [0.717, 1.165) is 6.92 Å². The molecule has 1 aliphatic carbocycles. The summed E-state index contributed by atoms with van der Waals surface area (Å²) in [5, 5.41) is 6.22. The Balaban J connectivity index is 1.97. The molecule has 0 saturated carbocycles. The summed E-state index contributed by atoms with van der Waals surface area (Å²) in [7, 11) is -4.10. The Morgan fingerprint density at radius 3 is 2.47 bits per heavy atom. The number of alkyl halides is 6. The lowest BCUT2D eigenvalue weighted by Gasteiger charge is -2.17. The van der Waals surface area contributed by atoms with Gasteiger partial charge in [-0.1, -0.05) is 11.3 Å². The summed E-state index contributed by atoms with van der Waals surface area (Å²) in [5.74, 6) is 0. The summed E-state index contributed by atoms with van der Waals surface area (Å²) in [6.07, 6.45) is -7.81. The lowest BCUT2D eigenvalue weighted by molar-refractivity contribution is -0.141. The van der Waals surface area contributed by atoms with Gasteiger partial charge in [-0.2, -0.15) is 26.3 Å². The van der Waals surface area contributed by atoms with Crippen molar-refractivity contribution in [2.45, 2.75) is 42.7 Å². The number of pyridine rings is 1. The standard InChI is InChI=1S/C15H13F6N5O2S2/c1-6-10(7-3-2-4-8(7)24-11(6)14(16,17)18)25-13(27)26-30(22,28)9-5-23-12(29-9)15(19,20)21/h5H,2-4H2,1H3,(H3,22,24,25,26,27,28)/t30-/m1/s1. The third kappa shape index (κ3) is 4.41. The first-order valence-corrected chi connectivity index (χ1v) is 10.6. The molecule has 0 aromatic carbocycles. The quantitative estimate of drug-likeness (QED) is 0.634. The van der Waals surface area contributed by atoms with E-state index in [1.165, 1.54) is 0 Å². The van der Waals surface area contributed by atoms with Gasteiger partial charge in [-0.25, -0.2) is 24.1 Å². The van der Waals surface area contributed by atoms with Gasteiger partial charge >= 0.3 is 18.4 Å². The zero-order valence-corrected chi connectivity index (χ0v) is 16.7. The van der Waals surface area contributed by atoms with Crippen LogP contribution in [0.4, 0.5) is 36.8 Å². The highest BCUT2D eigenvalue weighted by Crippen LogP contribution is 2.39. The van der Waals surface area contributed by atoms with Crippen molar-refractivity contribution < 1.29 is 35.3 Å². The number of fused-ring (bicyclic) bond motifs is 1. The molecule has 1 aliphatic rings. The molecule has 30 heavy (non-hydrogen) atoms. The third-order valence-electron chi connectivity index (χ3n) is 4.20. The predicted molar refractivity (Wildman–Crippen MR) is 95.2 cm³/mol. The Labute approximate surface area is 170 Å². The lowest BCUT2D eigenvalue weighted by Crippen LogP contribution is -2.20. The van der Waals surface area contributed by atoms with E-state index in [4.69, 9.17) is 5.14 Å². The smallest absolute Gasteiger partial charge is 0.305 e. The molecular formula is C15H13F6N5O2S2. The zero-order chi connectivity index (χ0) is 22.5. The van der Waals surface area contributed by atoms with Crippen molar-refractivity contribution in [2.75, 3.05) is 5.32 Å². The van der Waals surface area contributed by atoms with E-state index >= 15 is 0 Å². The second-order valence-electron chi connectivity index (χ2n) is 6.31. The fourth-order valence-electron chi connectivity index (χ4n) is 2.95. The molecule has 2 amide bonds. The molecule has 3 N–H and O–H groups in total. The van der Waals surface area contributed by atoms with Crippen LogP contribution in [0.2, 0.25) is 0 Å². The number of carbonyl (C=O) groups is 1. The van der Waals surface area contributed by atoms with Gasteiger partial charge in [0, 0.05) is 11.3 Å². The molecule has 164 valence electrons. The average molecular weight is 473 g/mol. The van der Waals surface area contributed by atoms with Crippen molar-refractivity contribution in [1.82, 2.24) is 9.97 Å². The van der Waals surface area contributed by atoms with Crippen LogP contribution in [-0.2, 0) is 35.1 Å². The molecule has 0 bridgehead atoms. The molecular weight excluding hydrogens is 460 g/mol. The number of nitrogens with one attached hydrogen (secondary N) is 1. The van der Waals surface area contributed by atoms with Gasteiger partial charge in [0.2, 0.25) is 0 Å². The molecule has 0 spiro atoms. The topological polar surface area (TPSA) is 110 Å². The molecule has 0 saturated heterocycles. The van der Waals surface area contributed by atoms with E-state index in [1.807, 2.05) is 0 Å². The van der Waals surface area contributed by atoms with Crippen molar-refractivity contribution in [3.63, 3.8) is 0 Å².